The third-order valence-electron chi connectivity index (χ3n) is 1.79. The highest BCUT2D eigenvalue weighted by atomic mass is 35.5. The molecule has 0 aliphatic carbocycles. The van der Waals surface area contributed by atoms with E-state index >= 15 is 0 Å². The van der Waals surface area contributed by atoms with Gasteiger partial charge >= 0.3 is 0 Å². The van der Waals surface area contributed by atoms with E-state index in [-0.39, 0.29) is 10.8 Å². The number of hydrogen-bond donors (Lipinski definition) is 0. The third-order valence-corrected chi connectivity index (χ3v) is 2.28. The Kier molecular flexibility index (Phi) is 5.34. The molecule has 0 aliphatic rings. The molecule has 0 bridgehead atoms. The lowest BCUT2D eigenvalue weighted by molar-refractivity contribution is 0.111. The predicted molar refractivity (Wildman–Crippen MR) is 65.9 cm³/mol. The van der Waals surface area contributed by atoms with Crippen LogP contribution in [0.15, 0.2) is 12.3 Å². The second kappa shape index (κ2) is 6.54. The number of ether oxygens (including phenoxy) is 1. The topological polar surface area (TPSA) is 56.5 Å². The zero-order chi connectivity index (χ0) is 12.8. The molecule has 0 spiro atoms. The summed E-state index contributed by atoms with van der Waals surface area (Å²) in [6.07, 6.45) is 2.12. The molecule has 5 nitrogen and oxygen atoms in total. The van der Waals surface area contributed by atoms with E-state index in [4.69, 9.17) is 23.2 Å². The fourth-order valence-electron chi connectivity index (χ4n) is 0.977. The molecule has 0 fully saturated rings. The number of hydrogen-bond acceptors (Lipinski definition) is 4. The molecule has 0 atom stereocenters. The van der Waals surface area contributed by atoms with Gasteiger partial charge in [0.2, 0.25) is 5.78 Å². The molecule has 0 amide bonds. The third kappa shape index (κ3) is 3.66. The lowest BCUT2D eigenvalue weighted by Gasteiger charge is -1.95. The Morgan fingerprint density at radius 2 is 2.12 bits per heavy atom. The molecule has 2 aromatic heterocycles. The van der Waals surface area contributed by atoms with Gasteiger partial charge in [0, 0.05) is 26.0 Å². The fraction of sp³-hybridized carbons (Fsp3) is 0.300. The smallest absolute Gasteiger partial charge is 0.237 e. The standard InChI is InChI=1S/C7H3Cl2N3O.C3H8O/c8-5-1-6(9)12-2-4(3-13)10-7(12)11-5;1-3-4-2/h1-3H;3H2,1-2H3. The van der Waals surface area contributed by atoms with E-state index in [0.717, 1.165) is 6.61 Å². The molecule has 0 radical (unpaired) electrons. The number of halogens is 2. The Labute approximate surface area is 108 Å². The van der Waals surface area contributed by atoms with Crippen LogP contribution in [0.2, 0.25) is 10.3 Å². The maximum absolute atomic E-state index is 10.4. The van der Waals surface area contributed by atoms with Gasteiger partial charge in [0.25, 0.3) is 0 Å². The molecule has 7 heteroatoms. The molecule has 0 aliphatic heterocycles. The van der Waals surface area contributed by atoms with Crippen LogP contribution in [0.5, 0.6) is 0 Å². The maximum Gasteiger partial charge on any atom is 0.237 e. The number of nitrogens with zero attached hydrogens (tertiary/aromatic N) is 3. The van der Waals surface area contributed by atoms with Crippen molar-refractivity contribution in [1.29, 1.82) is 0 Å². The lowest BCUT2D eigenvalue weighted by atomic mass is 10.5. The SMILES string of the molecule is CCOC.O=Cc1cn2c(Cl)cc(Cl)nc2n1. The van der Waals surface area contributed by atoms with Gasteiger partial charge in [0.05, 0.1) is 0 Å². The number of fused-ring (bicyclic) bond motifs is 1. The quantitative estimate of drug-likeness (QED) is 0.624. The van der Waals surface area contributed by atoms with Gasteiger partial charge < -0.3 is 4.74 Å². The van der Waals surface area contributed by atoms with Crippen molar-refractivity contribution in [2.75, 3.05) is 13.7 Å². The number of methoxy groups -OCH3 is 1. The minimum atomic E-state index is 0.251. The number of aldehydes is 1. The van der Waals surface area contributed by atoms with Gasteiger partial charge in [-0.3, -0.25) is 9.20 Å². The van der Waals surface area contributed by atoms with Crippen LogP contribution in [0.4, 0.5) is 0 Å². The first-order valence-corrected chi connectivity index (χ1v) is 5.53. The summed E-state index contributed by atoms with van der Waals surface area (Å²) in [5.41, 5.74) is 0.275. The zero-order valence-corrected chi connectivity index (χ0v) is 10.9. The van der Waals surface area contributed by atoms with Gasteiger partial charge in [-0.05, 0) is 6.92 Å². The Bertz CT molecular complexity index is 511. The second-order valence-electron chi connectivity index (χ2n) is 2.93. The summed E-state index contributed by atoms with van der Waals surface area (Å²) in [6.45, 7) is 2.78. The van der Waals surface area contributed by atoms with Crippen LogP contribution in [-0.4, -0.2) is 34.4 Å². The van der Waals surface area contributed by atoms with E-state index in [1.807, 2.05) is 6.92 Å². The molecule has 2 aromatic rings. The zero-order valence-electron chi connectivity index (χ0n) is 9.35. The van der Waals surface area contributed by atoms with Crippen LogP contribution in [0.3, 0.4) is 0 Å². The minimum Gasteiger partial charge on any atom is -0.385 e. The normalized spacial score (nSPS) is 9.88. The Morgan fingerprint density at radius 1 is 1.47 bits per heavy atom. The molecule has 0 aromatic carbocycles. The Hall–Kier alpha value is -1.17. The largest absolute Gasteiger partial charge is 0.385 e. The van der Waals surface area contributed by atoms with Crippen molar-refractivity contribution in [1.82, 2.24) is 14.4 Å². The molecule has 92 valence electrons. The molecular weight excluding hydrogens is 265 g/mol. The number of carbonyl (C=O) groups excluding carboxylic acids is 1. The van der Waals surface area contributed by atoms with E-state index in [9.17, 15) is 4.79 Å². The maximum atomic E-state index is 10.4. The molecule has 2 heterocycles. The first kappa shape index (κ1) is 13.9. The van der Waals surface area contributed by atoms with Crippen LogP contribution in [0.25, 0.3) is 5.78 Å². The van der Waals surface area contributed by atoms with Gasteiger partial charge in [0.15, 0.2) is 6.29 Å². The van der Waals surface area contributed by atoms with Crippen molar-refractivity contribution in [3.05, 3.63) is 28.3 Å². The van der Waals surface area contributed by atoms with E-state index in [2.05, 4.69) is 14.7 Å². The van der Waals surface area contributed by atoms with Gasteiger partial charge in [0.1, 0.15) is 16.0 Å². The molecular formula is C10H11Cl2N3O2. The van der Waals surface area contributed by atoms with Crippen molar-refractivity contribution in [3.63, 3.8) is 0 Å². The van der Waals surface area contributed by atoms with Gasteiger partial charge in [-0.15, -0.1) is 0 Å². The number of imidazole rings is 1. The van der Waals surface area contributed by atoms with Crippen LogP contribution in [0.1, 0.15) is 17.4 Å². The molecule has 2 rings (SSSR count). The molecule has 0 saturated carbocycles. The van der Waals surface area contributed by atoms with Crippen LogP contribution in [0, 0.1) is 0 Å². The summed E-state index contributed by atoms with van der Waals surface area (Å²) in [6, 6.07) is 1.48. The Balaban J connectivity index is 0.000000317. The average molecular weight is 276 g/mol. The molecule has 0 N–H and O–H groups in total. The summed E-state index contributed by atoms with van der Waals surface area (Å²) in [5.74, 6) is 0.319. The summed E-state index contributed by atoms with van der Waals surface area (Å²) < 4.78 is 6.02. The Morgan fingerprint density at radius 3 is 2.65 bits per heavy atom. The molecule has 0 saturated heterocycles. The first-order valence-electron chi connectivity index (χ1n) is 4.77. The summed E-state index contributed by atoms with van der Waals surface area (Å²) >= 11 is 11.5. The van der Waals surface area contributed by atoms with E-state index in [1.54, 1.807) is 7.11 Å². The summed E-state index contributed by atoms with van der Waals surface area (Å²) in [7, 11) is 1.68. The molecule has 17 heavy (non-hydrogen) atoms. The van der Waals surface area contributed by atoms with Crippen molar-refractivity contribution >= 4 is 35.3 Å². The molecule has 0 unspecified atom stereocenters. The highest BCUT2D eigenvalue weighted by molar-refractivity contribution is 6.33. The fourth-order valence-corrected chi connectivity index (χ4v) is 1.44. The number of rotatable bonds is 2. The number of aromatic nitrogens is 3. The summed E-state index contributed by atoms with van der Waals surface area (Å²) in [4.78, 5) is 18.1. The van der Waals surface area contributed by atoms with Gasteiger partial charge in [-0.25, -0.2) is 9.97 Å². The second-order valence-corrected chi connectivity index (χ2v) is 3.71. The predicted octanol–water partition coefficient (Wildman–Crippen LogP) is 2.50. The highest BCUT2D eigenvalue weighted by Gasteiger charge is 2.05. The van der Waals surface area contributed by atoms with Crippen molar-refractivity contribution in [2.45, 2.75) is 6.92 Å². The van der Waals surface area contributed by atoms with Crippen LogP contribution < -0.4 is 0 Å². The number of carbonyl (C=O) groups is 1. The van der Waals surface area contributed by atoms with Crippen molar-refractivity contribution < 1.29 is 9.53 Å². The van der Waals surface area contributed by atoms with Gasteiger partial charge in [-0.1, -0.05) is 23.2 Å². The van der Waals surface area contributed by atoms with Crippen LogP contribution >= 0.6 is 23.2 Å². The first-order chi connectivity index (χ1) is 8.12. The monoisotopic (exact) mass is 275 g/mol. The van der Waals surface area contributed by atoms with Crippen LogP contribution in [-0.2, 0) is 4.74 Å². The highest BCUT2D eigenvalue weighted by Crippen LogP contribution is 2.16. The van der Waals surface area contributed by atoms with E-state index in [1.165, 1.54) is 16.7 Å². The van der Waals surface area contributed by atoms with E-state index < -0.39 is 0 Å². The minimum absolute atomic E-state index is 0.251. The van der Waals surface area contributed by atoms with E-state index in [0.29, 0.717) is 17.2 Å². The summed E-state index contributed by atoms with van der Waals surface area (Å²) in [5, 5.41) is 0.621. The average Bonchev–Trinajstić information content (AvgIpc) is 2.72. The van der Waals surface area contributed by atoms with Crippen molar-refractivity contribution in [3.8, 4) is 0 Å². The van der Waals surface area contributed by atoms with Gasteiger partial charge in [-0.2, -0.15) is 0 Å². The lowest BCUT2D eigenvalue weighted by Crippen LogP contribution is -1.88. The van der Waals surface area contributed by atoms with Crippen molar-refractivity contribution in [2.24, 2.45) is 0 Å².